The molecule has 1 aliphatic carbocycles. The van der Waals surface area contributed by atoms with E-state index >= 15 is 0 Å². The van der Waals surface area contributed by atoms with Gasteiger partial charge in [0, 0.05) is 18.2 Å². The van der Waals surface area contributed by atoms with E-state index in [0.29, 0.717) is 17.9 Å². The molecule has 0 saturated carbocycles. The van der Waals surface area contributed by atoms with E-state index in [9.17, 15) is 4.79 Å². The molecule has 0 radical (unpaired) electrons. The zero-order valence-electron chi connectivity index (χ0n) is 18.8. The molecule has 0 bridgehead atoms. The van der Waals surface area contributed by atoms with Gasteiger partial charge in [-0.3, -0.25) is 9.48 Å². The third kappa shape index (κ3) is 4.22. The summed E-state index contributed by atoms with van der Waals surface area (Å²) in [6, 6.07) is 17.9. The van der Waals surface area contributed by atoms with E-state index in [2.05, 4.69) is 61.2 Å². The lowest BCUT2D eigenvalue weighted by atomic mass is 9.68. The summed E-state index contributed by atoms with van der Waals surface area (Å²) in [5.41, 5.74) is 4.05. The first-order chi connectivity index (χ1) is 14.8. The van der Waals surface area contributed by atoms with E-state index in [0.717, 1.165) is 19.3 Å². The maximum atomic E-state index is 13.0. The van der Waals surface area contributed by atoms with Gasteiger partial charge in [-0.2, -0.15) is 5.10 Å². The average Bonchev–Trinajstić information content (AvgIpc) is 3.22. The molecule has 3 aromatic rings. The van der Waals surface area contributed by atoms with Gasteiger partial charge in [0.1, 0.15) is 5.75 Å². The number of methoxy groups -OCH3 is 1. The zero-order chi connectivity index (χ0) is 22.1. The maximum Gasteiger partial charge on any atom is 0.255 e. The van der Waals surface area contributed by atoms with Crippen LogP contribution in [0.2, 0.25) is 0 Å². The molecule has 0 aliphatic heterocycles. The van der Waals surface area contributed by atoms with Crippen molar-refractivity contribution in [3.8, 4) is 5.75 Å². The van der Waals surface area contributed by atoms with Crippen LogP contribution in [0.5, 0.6) is 5.75 Å². The normalized spacial score (nSPS) is 18.3. The number of ether oxygens (including phenoxy) is 1. The van der Waals surface area contributed by atoms with E-state index in [1.807, 2.05) is 24.3 Å². The van der Waals surface area contributed by atoms with Gasteiger partial charge in [0.15, 0.2) is 0 Å². The number of nitrogens with zero attached hydrogens (tertiary/aromatic N) is 2. The van der Waals surface area contributed by atoms with Crippen LogP contribution in [0.15, 0.2) is 60.8 Å². The third-order valence-corrected chi connectivity index (χ3v) is 6.26. The van der Waals surface area contributed by atoms with Crippen molar-refractivity contribution in [3.05, 3.63) is 83.2 Å². The van der Waals surface area contributed by atoms with Crippen molar-refractivity contribution in [2.45, 2.75) is 51.0 Å². The molecular formula is C26H31N3O2. The zero-order valence-corrected chi connectivity index (χ0v) is 18.8. The number of para-hydroxylation sites is 1. The van der Waals surface area contributed by atoms with Crippen molar-refractivity contribution in [2.75, 3.05) is 13.7 Å². The Labute approximate surface area is 184 Å². The lowest BCUT2D eigenvalue weighted by Crippen LogP contribution is -2.44. The van der Waals surface area contributed by atoms with Crippen molar-refractivity contribution < 1.29 is 9.53 Å². The minimum atomic E-state index is -0.169. The van der Waals surface area contributed by atoms with Crippen LogP contribution in [0.4, 0.5) is 0 Å². The number of aryl methyl sites for hydroxylation is 1. The highest BCUT2D eigenvalue weighted by Gasteiger charge is 2.38. The number of rotatable bonds is 5. The fourth-order valence-corrected chi connectivity index (χ4v) is 4.43. The van der Waals surface area contributed by atoms with E-state index < -0.39 is 0 Å². The van der Waals surface area contributed by atoms with Crippen LogP contribution >= 0.6 is 0 Å². The Bertz CT molecular complexity index is 1070. The van der Waals surface area contributed by atoms with Crippen LogP contribution in [0.1, 0.15) is 54.4 Å². The number of fused-ring (bicyclic) bond motifs is 1. The molecule has 1 aliphatic rings. The minimum Gasteiger partial charge on any atom is -0.496 e. The molecule has 0 saturated heterocycles. The van der Waals surface area contributed by atoms with E-state index in [-0.39, 0.29) is 16.9 Å². The largest absolute Gasteiger partial charge is 0.496 e. The van der Waals surface area contributed by atoms with E-state index in [4.69, 9.17) is 9.84 Å². The van der Waals surface area contributed by atoms with Crippen molar-refractivity contribution in [2.24, 2.45) is 0 Å². The quantitative estimate of drug-likeness (QED) is 0.665. The second kappa shape index (κ2) is 8.22. The lowest BCUT2D eigenvalue weighted by Gasteiger charge is -2.37. The fourth-order valence-electron chi connectivity index (χ4n) is 4.43. The number of carbonyl (C=O) groups is 1. The van der Waals surface area contributed by atoms with Gasteiger partial charge in [0.25, 0.3) is 5.91 Å². The van der Waals surface area contributed by atoms with Crippen molar-refractivity contribution in [3.63, 3.8) is 0 Å². The Hall–Kier alpha value is -3.08. The van der Waals surface area contributed by atoms with Crippen LogP contribution in [-0.4, -0.2) is 29.3 Å². The molecule has 1 aromatic heterocycles. The number of hydrogen-bond acceptors (Lipinski definition) is 3. The minimum absolute atomic E-state index is 0.0508. The fraction of sp³-hybridized carbons (Fsp3) is 0.385. The van der Waals surface area contributed by atoms with Gasteiger partial charge in [-0.15, -0.1) is 0 Å². The SMILES string of the molecule is COc1ccccc1C(=O)NCC1(c2ccccc2)CCc2nn(C(C)(C)C)cc2C1. The predicted octanol–water partition coefficient (Wildman–Crippen LogP) is 4.50. The van der Waals surface area contributed by atoms with Crippen LogP contribution in [0.3, 0.4) is 0 Å². The first-order valence-corrected chi connectivity index (χ1v) is 10.9. The van der Waals surface area contributed by atoms with Gasteiger partial charge in [0.2, 0.25) is 0 Å². The number of carbonyl (C=O) groups excluding carboxylic acids is 1. The van der Waals surface area contributed by atoms with Gasteiger partial charge < -0.3 is 10.1 Å². The summed E-state index contributed by atoms with van der Waals surface area (Å²) >= 11 is 0. The number of amides is 1. The van der Waals surface area contributed by atoms with Gasteiger partial charge in [0.05, 0.1) is 23.9 Å². The second-order valence-electron chi connectivity index (χ2n) is 9.42. The molecule has 5 heteroatoms. The summed E-state index contributed by atoms with van der Waals surface area (Å²) in [5.74, 6) is 0.482. The second-order valence-corrected chi connectivity index (χ2v) is 9.42. The van der Waals surface area contributed by atoms with Crippen LogP contribution < -0.4 is 10.1 Å². The Morgan fingerprint density at radius 2 is 1.84 bits per heavy atom. The molecule has 31 heavy (non-hydrogen) atoms. The highest BCUT2D eigenvalue weighted by Crippen LogP contribution is 2.38. The molecule has 1 unspecified atom stereocenters. The Balaban J connectivity index is 1.63. The van der Waals surface area contributed by atoms with Crippen LogP contribution in [0, 0.1) is 0 Å². The summed E-state index contributed by atoms with van der Waals surface area (Å²) in [7, 11) is 1.59. The molecule has 0 spiro atoms. The molecule has 1 amide bonds. The predicted molar refractivity (Wildman–Crippen MR) is 123 cm³/mol. The molecule has 1 N–H and O–H groups in total. The lowest BCUT2D eigenvalue weighted by molar-refractivity contribution is 0.0937. The molecule has 4 rings (SSSR count). The summed E-state index contributed by atoms with van der Waals surface area (Å²) in [6.07, 6.45) is 4.89. The molecular weight excluding hydrogens is 386 g/mol. The first-order valence-electron chi connectivity index (χ1n) is 10.9. The standard InChI is InChI=1S/C26H31N3O2/c1-25(2,3)29-17-19-16-26(15-14-22(19)28-29,20-10-6-5-7-11-20)18-27-24(30)21-12-8-9-13-23(21)31-4/h5-13,17H,14-16,18H2,1-4H3,(H,27,30). The Morgan fingerprint density at radius 1 is 1.13 bits per heavy atom. The van der Waals surface area contributed by atoms with Crippen molar-refractivity contribution in [1.29, 1.82) is 0 Å². The van der Waals surface area contributed by atoms with Gasteiger partial charge in [-0.25, -0.2) is 0 Å². The van der Waals surface area contributed by atoms with E-state index in [1.165, 1.54) is 16.8 Å². The molecule has 0 fully saturated rings. The van der Waals surface area contributed by atoms with Crippen molar-refractivity contribution in [1.82, 2.24) is 15.1 Å². The number of aromatic nitrogens is 2. The van der Waals surface area contributed by atoms with E-state index in [1.54, 1.807) is 13.2 Å². The highest BCUT2D eigenvalue weighted by atomic mass is 16.5. The Kier molecular flexibility index (Phi) is 5.61. The number of nitrogens with one attached hydrogen (secondary N) is 1. The average molecular weight is 418 g/mol. The molecule has 2 aromatic carbocycles. The smallest absolute Gasteiger partial charge is 0.255 e. The molecule has 162 valence electrons. The molecule has 5 nitrogen and oxygen atoms in total. The van der Waals surface area contributed by atoms with Gasteiger partial charge in [-0.05, 0) is 63.3 Å². The van der Waals surface area contributed by atoms with Crippen LogP contribution in [0.25, 0.3) is 0 Å². The topological polar surface area (TPSA) is 56.1 Å². The third-order valence-electron chi connectivity index (χ3n) is 6.26. The van der Waals surface area contributed by atoms with Crippen LogP contribution in [-0.2, 0) is 23.8 Å². The monoisotopic (exact) mass is 417 g/mol. The number of benzene rings is 2. The summed E-state index contributed by atoms with van der Waals surface area (Å²) < 4.78 is 7.45. The summed E-state index contributed by atoms with van der Waals surface area (Å²) in [6.45, 7) is 7.07. The maximum absolute atomic E-state index is 13.0. The Morgan fingerprint density at radius 3 is 2.55 bits per heavy atom. The first kappa shape index (κ1) is 21.2. The summed E-state index contributed by atoms with van der Waals surface area (Å²) in [4.78, 5) is 13.0. The number of hydrogen-bond donors (Lipinski definition) is 1. The highest BCUT2D eigenvalue weighted by molar-refractivity contribution is 5.97. The summed E-state index contributed by atoms with van der Waals surface area (Å²) in [5, 5.41) is 8.06. The molecule has 1 heterocycles. The van der Waals surface area contributed by atoms with Crippen molar-refractivity contribution >= 4 is 5.91 Å². The van der Waals surface area contributed by atoms with Gasteiger partial charge in [-0.1, -0.05) is 42.5 Å². The van der Waals surface area contributed by atoms with Gasteiger partial charge >= 0.3 is 0 Å². The molecule has 1 atom stereocenters.